The number of hydrogen-bond donors (Lipinski definition) is 1. The average molecular weight is 367 g/mol. The number of tetrazole rings is 1. The fraction of sp³-hybridized carbons (Fsp3) is 0.467. The van der Waals surface area contributed by atoms with Crippen molar-refractivity contribution < 1.29 is 17.6 Å². The Morgan fingerprint density at radius 3 is 2.84 bits per heavy atom. The van der Waals surface area contributed by atoms with E-state index in [0.29, 0.717) is 5.56 Å². The van der Waals surface area contributed by atoms with Crippen LogP contribution in [0.5, 0.6) is 0 Å². The van der Waals surface area contributed by atoms with Gasteiger partial charge in [0.1, 0.15) is 16.8 Å². The Morgan fingerprint density at radius 1 is 1.44 bits per heavy atom. The van der Waals surface area contributed by atoms with Crippen molar-refractivity contribution in [3.63, 3.8) is 0 Å². The van der Waals surface area contributed by atoms with Crippen molar-refractivity contribution in [1.82, 2.24) is 20.2 Å². The van der Waals surface area contributed by atoms with Gasteiger partial charge >= 0.3 is 0 Å². The van der Waals surface area contributed by atoms with E-state index >= 15 is 0 Å². The van der Waals surface area contributed by atoms with Crippen molar-refractivity contribution in [3.8, 4) is 0 Å². The highest BCUT2D eigenvalue weighted by atomic mass is 32.2. The molecule has 1 fully saturated rings. The summed E-state index contributed by atoms with van der Waals surface area (Å²) in [5.74, 6) is -1.43. The smallest absolute Gasteiger partial charge is 0.242 e. The molecule has 8 nitrogen and oxygen atoms in total. The standard InChI is InChI=1S/C15H18FN5O3S/c1-9-3-4-11(16)7-13(9)17-15(22)10(2)25(23,24)8-14-18-19-20-21(14)12-5-6-12/h3-4,7,10,12H,5-6,8H2,1-2H3,(H,17,22). The number of carbonyl (C=O) groups excluding carboxylic acids is 1. The number of benzene rings is 1. The van der Waals surface area contributed by atoms with E-state index in [4.69, 9.17) is 0 Å². The maximum Gasteiger partial charge on any atom is 0.242 e. The van der Waals surface area contributed by atoms with Crippen LogP contribution >= 0.6 is 0 Å². The summed E-state index contributed by atoms with van der Waals surface area (Å²) < 4.78 is 39.9. The molecule has 1 amide bonds. The van der Waals surface area contributed by atoms with Crippen molar-refractivity contribution in [2.45, 2.75) is 43.7 Å². The molecule has 10 heteroatoms. The molecule has 0 bridgehead atoms. The normalized spacial score (nSPS) is 15.8. The van der Waals surface area contributed by atoms with Gasteiger partial charge in [0.25, 0.3) is 0 Å². The lowest BCUT2D eigenvalue weighted by molar-refractivity contribution is -0.115. The molecule has 1 heterocycles. The first-order valence-electron chi connectivity index (χ1n) is 7.83. The van der Waals surface area contributed by atoms with Gasteiger partial charge in [-0.25, -0.2) is 17.5 Å². The van der Waals surface area contributed by atoms with Crippen LogP contribution in [0.1, 0.15) is 37.2 Å². The van der Waals surface area contributed by atoms with Crippen LogP contribution in [0.2, 0.25) is 0 Å². The zero-order valence-corrected chi connectivity index (χ0v) is 14.6. The van der Waals surface area contributed by atoms with E-state index in [0.717, 1.165) is 18.9 Å². The molecule has 0 radical (unpaired) electrons. The Bertz CT molecular complexity index is 908. The Hall–Kier alpha value is -2.36. The third-order valence-corrected chi connectivity index (χ3v) is 6.10. The minimum atomic E-state index is -3.82. The van der Waals surface area contributed by atoms with Crippen LogP contribution in [-0.4, -0.2) is 39.8 Å². The van der Waals surface area contributed by atoms with Crippen molar-refractivity contribution in [2.75, 3.05) is 5.32 Å². The summed E-state index contributed by atoms with van der Waals surface area (Å²) in [4.78, 5) is 12.3. The first-order valence-corrected chi connectivity index (χ1v) is 9.55. The molecule has 2 aromatic rings. The van der Waals surface area contributed by atoms with Gasteiger partial charge in [-0.2, -0.15) is 0 Å². The number of nitrogens with one attached hydrogen (secondary N) is 1. The van der Waals surface area contributed by atoms with Gasteiger partial charge in [-0.1, -0.05) is 6.07 Å². The third-order valence-electron chi connectivity index (χ3n) is 4.15. The van der Waals surface area contributed by atoms with Gasteiger partial charge in [-0.15, -0.1) is 5.10 Å². The first kappa shape index (κ1) is 17.5. The SMILES string of the molecule is Cc1ccc(F)cc1NC(=O)C(C)S(=O)(=O)Cc1nnnn1C1CC1. The lowest BCUT2D eigenvalue weighted by Gasteiger charge is -2.14. The van der Waals surface area contributed by atoms with Gasteiger partial charge in [-0.05, 0) is 54.8 Å². The molecule has 1 unspecified atom stereocenters. The predicted octanol–water partition coefficient (Wildman–Crippen LogP) is 1.40. The van der Waals surface area contributed by atoms with E-state index in [1.54, 1.807) is 6.92 Å². The number of amides is 1. The minimum absolute atomic E-state index is 0.138. The first-order chi connectivity index (χ1) is 11.8. The summed E-state index contributed by atoms with van der Waals surface area (Å²) in [6.45, 7) is 2.99. The molecule has 1 aliphatic rings. The fourth-order valence-electron chi connectivity index (χ4n) is 2.34. The monoisotopic (exact) mass is 367 g/mol. The van der Waals surface area contributed by atoms with E-state index in [1.807, 2.05) is 0 Å². The summed E-state index contributed by atoms with van der Waals surface area (Å²) >= 11 is 0. The average Bonchev–Trinajstić information content (AvgIpc) is 3.30. The summed E-state index contributed by atoms with van der Waals surface area (Å²) in [6, 6.07) is 4.07. The quantitative estimate of drug-likeness (QED) is 0.827. The predicted molar refractivity (Wildman–Crippen MR) is 87.9 cm³/mol. The molecule has 1 saturated carbocycles. The van der Waals surface area contributed by atoms with Crippen molar-refractivity contribution >= 4 is 21.4 Å². The summed E-state index contributed by atoms with van der Waals surface area (Å²) in [6.07, 6.45) is 1.82. The van der Waals surface area contributed by atoms with E-state index in [2.05, 4.69) is 20.8 Å². The van der Waals surface area contributed by atoms with Gasteiger partial charge < -0.3 is 5.32 Å². The maximum atomic E-state index is 13.3. The molecular weight excluding hydrogens is 349 g/mol. The Balaban J connectivity index is 1.74. The molecule has 0 aliphatic heterocycles. The molecule has 25 heavy (non-hydrogen) atoms. The second-order valence-electron chi connectivity index (χ2n) is 6.17. The topological polar surface area (TPSA) is 107 Å². The molecule has 0 saturated heterocycles. The number of hydrogen-bond acceptors (Lipinski definition) is 6. The lowest BCUT2D eigenvalue weighted by atomic mass is 10.2. The number of nitrogens with zero attached hydrogens (tertiary/aromatic N) is 4. The molecule has 1 aromatic heterocycles. The minimum Gasteiger partial charge on any atom is -0.325 e. The van der Waals surface area contributed by atoms with Gasteiger partial charge in [-0.3, -0.25) is 4.79 Å². The second-order valence-corrected chi connectivity index (χ2v) is 8.49. The lowest BCUT2D eigenvalue weighted by Crippen LogP contribution is -2.34. The number of sulfone groups is 1. The highest BCUT2D eigenvalue weighted by molar-refractivity contribution is 7.92. The van der Waals surface area contributed by atoms with Crippen molar-refractivity contribution in [1.29, 1.82) is 0 Å². The zero-order valence-electron chi connectivity index (χ0n) is 13.8. The van der Waals surface area contributed by atoms with Gasteiger partial charge in [0.15, 0.2) is 15.7 Å². The van der Waals surface area contributed by atoms with Gasteiger partial charge in [0.2, 0.25) is 5.91 Å². The van der Waals surface area contributed by atoms with E-state index in [-0.39, 0.29) is 17.6 Å². The highest BCUT2D eigenvalue weighted by Gasteiger charge is 2.33. The van der Waals surface area contributed by atoms with Crippen LogP contribution < -0.4 is 5.32 Å². The Labute approximate surface area is 144 Å². The van der Waals surface area contributed by atoms with Gasteiger partial charge in [0, 0.05) is 5.69 Å². The van der Waals surface area contributed by atoms with Crippen molar-refractivity contribution in [3.05, 3.63) is 35.4 Å². The van der Waals surface area contributed by atoms with Crippen LogP contribution in [0.4, 0.5) is 10.1 Å². The molecular formula is C15H18FN5O3S. The van der Waals surface area contributed by atoms with Crippen LogP contribution in [0.3, 0.4) is 0 Å². The van der Waals surface area contributed by atoms with E-state index in [1.165, 1.54) is 23.7 Å². The van der Waals surface area contributed by atoms with E-state index in [9.17, 15) is 17.6 Å². The number of carbonyl (C=O) groups is 1. The number of rotatable bonds is 6. The Kier molecular flexibility index (Phi) is 4.55. The summed E-state index contributed by atoms with van der Waals surface area (Å²) in [5.41, 5.74) is 0.881. The molecule has 1 atom stereocenters. The molecule has 3 rings (SSSR count). The summed E-state index contributed by atoms with van der Waals surface area (Å²) in [5, 5.41) is 12.2. The third kappa shape index (κ3) is 3.84. The number of aryl methyl sites for hydroxylation is 1. The fourth-order valence-corrected chi connectivity index (χ4v) is 3.53. The molecule has 1 aliphatic carbocycles. The molecule has 134 valence electrons. The van der Waals surface area contributed by atoms with Crippen LogP contribution in [0.25, 0.3) is 0 Å². The molecule has 1 N–H and O–H groups in total. The Morgan fingerprint density at radius 2 is 2.16 bits per heavy atom. The van der Waals surface area contributed by atoms with Crippen LogP contribution in [0, 0.1) is 12.7 Å². The highest BCUT2D eigenvalue weighted by Crippen LogP contribution is 2.34. The number of aromatic nitrogens is 4. The van der Waals surface area contributed by atoms with Crippen LogP contribution in [0.15, 0.2) is 18.2 Å². The molecule has 1 aromatic carbocycles. The second kappa shape index (κ2) is 6.51. The zero-order chi connectivity index (χ0) is 18.2. The van der Waals surface area contributed by atoms with E-state index < -0.39 is 32.6 Å². The largest absolute Gasteiger partial charge is 0.325 e. The van der Waals surface area contributed by atoms with Crippen LogP contribution in [-0.2, 0) is 20.4 Å². The maximum absolute atomic E-state index is 13.3. The number of anilines is 1. The summed E-state index contributed by atoms with van der Waals surface area (Å²) in [7, 11) is -3.82. The number of halogens is 1. The van der Waals surface area contributed by atoms with Crippen molar-refractivity contribution in [2.24, 2.45) is 0 Å². The molecule has 0 spiro atoms. The van der Waals surface area contributed by atoms with Gasteiger partial charge in [0.05, 0.1) is 6.04 Å².